The zero-order valence-electron chi connectivity index (χ0n) is 16.9. The quantitative estimate of drug-likeness (QED) is 0.609. The van der Waals surface area contributed by atoms with Gasteiger partial charge in [-0.3, -0.25) is 4.79 Å². The van der Waals surface area contributed by atoms with Gasteiger partial charge in [-0.25, -0.2) is 8.42 Å². The van der Waals surface area contributed by atoms with Crippen molar-refractivity contribution in [2.45, 2.75) is 51.3 Å². The van der Waals surface area contributed by atoms with Gasteiger partial charge in [0.1, 0.15) is 0 Å². The van der Waals surface area contributed by atoms with Gasteiger partial charge in [0.25, 0.3) is 5.91 Å². The van der Waals surface area contributed by atoms with Gasteiger partial charge in [-0.15, -0.1) is 0 Å². The second-order valence-corrected chi connectivity index (χ2v) is 9.42. The molecular formula is C20H34N3O3S+. The Morgan fingerprint density at radius 2 is 1.85 bits per heavy atom. The third kappa shape index (κ3) is 6.30. The normalized spacial score (nSPS) is 16.4. The third-order valence-corrected chi connectivity index (χ3v) is 7.19. The van der Waals surface area contributed by atoms with Gasteiger partial charge in [-0.1, -0.05) is 38.3 Å². The van der Waals surface area contributed by atoms with Crippen LogP contribution in [0.15, 0.2) is 23.1 Å². The molecule has 0 spiro atoms. The van der Waals surface area contributed by atoms with Crippen molar-refractivity contribution in [3.63, 3.8) is 0 Å². The van der Waals surface area contributed by atoms with E-state index in [0.29, 0.717) is 37.6 Å². The number of nitrogens with one attached hydrogen (secondary N) is 2. The van der Waals surface area contributed by atoms with Gasteiger partial charge in [-0.2, -0.15) is 4.31 Å². The zero-order valence-corrected chi connectivity index (χ0v) is 17.7. The van der Waals surface area contributed by atoms with E-state index in [9.17, 15) is 13.2 Å². The summed E-state index contributed by atoms with van der Waals surface area (Å²) in [4.78, 5) is 13.6. The molecule has 0 bridgehead atoms. The molecule has 2 rings (SSSR count). The largest absolute Gasteiger partial charge is 0.351 e. The Kier molecular flexibility index (Phi) is 8.26. The molecule has 1 saturated heterocycles. The Morgan fingerprint density at radius 1 is 1.15 bits per heavy atom. The molecule has 1 heterocycles. The van der Waals surface area contributed by atoms with E-state index in [0.717, 1.165) is 35.4 Å². The van der Waals surface area contributed by atoms with Crippen molar-refractivity contribution in [3.05, 3.63) is 29.3 Å². The van der Waals surface area contributed by atoms with E-state index >= 15 is 0 Å². The van der Waals surface area contributed by atoms with Crippen LogP contribution in [0.1, 0.15) is 43.7 Å². The molecule has 1 amide bonds. The van der Waals surface area contributed by atoms with Crippen molar-refractivity contribution in [2.75, 3.05) is 39.3 Å². The molecular weight excluding hydrogens is 362 g/mol. The van der Waals surface area contributed by atoms with Crippen molar-refractivity contribution in [2.24, 2.45) is 0 Å². The molecule has 1 aromatic carbocycles. The highest BCUT2D eigenvalue weighted by Gasteiger charge is 2.32. The minimum atomic E-state index is -3.47. The second-order valence-electron chi connectivity index (χ2n) is 7.51. The van der Waals surface area contributed by atoms with Crippen LogP contribution < -0.4 is 10.2 Å². The summed E-state index contributed by atoms with van der Waals surface area (Å²) < 4.78 is 27.5. The molecule has 0 aliphatic carbocycles. The first kappa shape index (κ1) is 21.9. The number of amides is 1. The number of nitrogens with zero attached hydrogens (tertiary/aromatic N) is 1. The van der Waals surface area contributed by atoms with Crippen LogP contribution >= 0.6 is 0 Å². The highest BCUT2D eigenvalue weighted by atomic mass is 32.2. The number of hydrogen-bond acceptors (Lipinski definition) is 3. The third-order valence-electron chi connectivity index (χ3n) is 5.15. The van der Waals surface area contributed by atoms with Gasteiger partial charge in [0.15, 0.2) is 6.54 Å². The summed E-state index contributed by atoms with van der Waals surface area (Å²) in [6.07, 6.45) is 4.57. The van der Waals surface area contributed by atoms with Crippen LogP contribution in [0.3, 0.4) is 0 Å². The number of hydrogen-bond donors (Lipinski definition) is 2. The van der Waals surface area contributed by atoms with Gasteiger partial charge in [0.2, 0.25) is 10.0 Å². The molecule has 7 heteroatoms. The van der Waals surface area contributed by atoms with E-state index in [1.54, 1.807) is 10.4 Å². The Hall–Kier alpha value is -1.44. The molecule has 0 aromatic heterocycles. The van der Waals surface area contributed by atoms with Crippen LogP contribution in [-0.2, 0) is 14.8 Å². The lowest BCUT2D eigenvalue weighted by molar-refractivity contribution is -0.895. The second kappa shape index (κ2) is 10.2. The molecule has 2 N–H and O–H groups in total. The lowest BCUT2D eigenvalue weighted by atomic mass is 10.2. The van der Waals surface area contributed by atoms with Crippen molar-refractivity contribution in [1.82, 2.24) is 9.62 Å². The molecule has 1 fully saturated rings. The molecule has 6 nitrogen and oxygen atoms in total. The molecule has 1 aliphatic rings. The fraction of sp³-hybridized carbons (Fsp3) is 0.650. The molecule has 0 atom stereocenters. The van der Waals surface area contributed by atoms with Gasteiger partial charge < -0.3 is 10.2 Å². The highest BCUT2D eigenvalue weighted by molar-refractivity contribution is 7.89. The first-order valence-electron chi connectivity index (χ1n) is 10.0. The average molecular weight is 397 g/mol. The van der Waals surface area contributed by atoms with Crippen LogP contribution in [0.4, 0.5) is 0 Å². The van der Waals surface area contributed by atoms with E-state index in [1.807, 2.05) is 26.0 Å². The summed E-state index contributed by atoms with van der Waals surface area (Å²) in [6.45, 7) is 9.29. The van der Waals surface area contributed by atoms with Gasteiger partial charge in [0.05, 0.1) is 31.1 Å². The maximum atomic E-state index is 13.0. The highest BCUT2D eigenvalue weighted by Crippen LogP contribution is 2.21. The molecule has 1 aromatic rings. The number of sulfonamides is 1. The topological polar surface area (TPSA) is 70.9 Å². The SMILES string of the molecule is CCCCCCNC(=O)C[NH+]1CCN(S(=O)(=O)c2cc(C)ccc2C)CC1. The van der Waals surface area contributed by atoms with E-state index in [4.69, 9.17) is 0 Å². The minimum Gasteiger partial charge on any atom is -0.351 e. The molecule has 0 radical (unpaired) electrons. The summed E-state index contributed by atoms with van der Waals surface area (Å²) in [6, 6.07) is 5.53. The average Bonchev–Trinajstić information content (AvgIpc) is 2.64. The fourth-order valence-corrected chi connectivity index (χ4v) is 5.16. The van der Waals surface area contributed by atoms with E-state index in [2.05, 4.69) is 12.2 Å². The molecule has 0 saturated carbocycles. The number of unbranched alkanes of at least 4 members (excludes halogenated alkanes) is 3. The van der Waals surface area contributed by atoms with Crippen molar-refractivity contribution >= 4 is 15.9 Å². The van der Waals surface area contributed by atoms with Gasteiger partial charge >= 0.3 is 0 Å². The molecule has 1 aliphatic heterocycles. The predicted molar refractivity (Wildman–Crippen MR) is 107 cm³/mol. The molecule has 0 unspecified atom stereocenters. The van der Waals surface area contributed by atoms with E-state index < -0.39 is 10.0 Å². The standard InChI is InChI=1S/C20H33N3O3S/c1-4-5-6-7-10-21-20(24)16-22-11-13-23(14-12-22)27(25,26)19-15-17(2)8-9-18(19)3/h8-9,15H,4-7,10-14,16H2,1-3H3,(H,21,24)/p+1. The number of carbonyl (C=O) groups excluding carboxylic acids is 1. The minimum absolute atomic E-state index is 0.0623. The lowest BCUT2D eigenvalue weighted by Crippen LogP contribution is -3.15. The zero-order chi connectivity index (χ0) is 19.9. The van der Waals surface area contributed by atoms with E-state index in [-0.39, 0.29) is 5.91 Å². The summed E-state index contributed by atoms with van der Waals surface area (Å²) in [5, 5.41) is 2.98. The number of rotatable bonds is 9. The summed E-state index contributed by atoms with van der Waals surface area (Å²) in [5.74, 6) is 0.0623. The van der Waals surface area contributed by atoms with Crippen LogP contribution in [0, 0.1) is 13.8 Å². The maximum Gasteiger partial charge on any atom is 0.275 e. The summed E-state index contributed by atoms with van der Waals surface area (Å²) in [5.41, 5.74) is 1.72. The fourth-order valence-electron chi connectivity index (χ4n) is 3.41. The molecule has 27 heavy (non-hydrogen) atoms. The number of carbonyl (C=O) groups is 1. The smallest absolute Gasteiger partial charge is 0.275 e. The van der Waals surface area contributed by atoms with Crippen LogP contribution in [0.25, 0.3) is 0 Å². The number of benzene rings is 1. The summed E-state index contributed by atoms with van der Waals surface area (Å²) in [7, 11) is -3.47. The van der Waals surface area contributed by atoms with Crippen LogP contribution in [0.5, 0.6) is 0 Å². The van der Waals surface area contributed by atoms with Crippen LogP contribution in [0.2, 0.25) is 0 Å². The number of piperazine rings is 1. The predicted octanol–water partition coefficient (Wildman–Crippen LogP) is 0.889. The Morgan fingerprint density at radius 3 is 2.52 bits per heavy atom. The van der Waals surface area contributed by atoms with Crippen molar-refractivity contribution < 1.29 is 18.1 Å². The number of quaternary nitrogens is 1. The monoisotopic (exact) mass is 396 g/mol. The lowest BCUT2D eigenvalue weighted by Gasteiger charge is -2.31. The molecule has 152 valence electrons. The van der Waals surface area contributed by atoms with Crippen molar-refractivity contribution in [1.29, 1.82) is 0 Å². The van der Waals surface area contributed by atoms with Gasteiger partial charge in [-0.05, 0) is 37.5 Å². The van der Waals surface area contributed by atoms with E-state index in [1.165, 1.54) is 12.8 Å². The van der Waals surface area contributed by atoms with Gasteiger partial charge in [0, 0.05) is 6.54 Å². The van der Waals surface area contributed by atoms with Crippen molar-refractivity contribution in [3.8, 4) is 0 Å². The Labute approximate surface area is 164 Å². The van der Waals surface area contributed by atoms with Crippen LogP contribution in [-0.4, -0.2) is 57.9 Å². The summed E-state index contributed by atoms with van der Waals surface area (Å²) >= 11 is 0. The first-order valence-corrected chi connectivity index (χ1v) is 11.5. The first-order chi connectivity index (χ1) is 12.8. The Bertz CT molecular complexity index is 726. The Balaban J connectivity index is 1.82. The maximum absolute atomic E-state index is 13.0. The number of aryl methyl sites for hydroxylation is 2.